The number of benzene rings is 2. The quantitative estimate of drug-likeness (QED) is 0.379. The molecule has 0 atom stereocenters. The Balaban J connectivity index is 1.63. The highest BCUT2D eigenvalue weighted by Crippen LogP contribution is 2.48. The molecule has 0 saturated heterocycles. The van der Waals surface area contributed by atoms with Gasteiger partial charge in [-0.05, 0) is 54.1 Å². The number of aliphatic carboxylic acids is 1. The molecule has 2 aliphatic rings. The number of nitrogens with zero attached hydrogens (tertiary/aromatic N) is 2. The number of phenolic OH excluding ortho intramolecular Hbond substituents is 2. The van der Waals surface area contributed by atoms with Gasteiger partial charge < -0.3 is 25.0 Å². The van der Waals surface area contributed by atoms with Crippen LogP contribution in [0, 0.1) is 0 Å². The predicted octanol–water partition coefficient (Wildman–Crippen LogP) is 3.99. The normalized spacial score (nSPS) is 15.6. The number of H-pyrrole nitrogens is 1. The number of carbonyl (C=O) groups is 1. The molecule has 0 saturated carbocycles. The molecule has 8 nitrogen and oxygen atoms in total. The van der Waals surface area contributed by atoms with Crippen molar-refractivity contribution < 1.29 is 24.9 Å². The number of nitrogens with one attached hydrogen (secondary N) is 1. The van der Waals surface area contributed by atoms with E-state index in [1.165, 1.54) is 30.3 Å². The van der Waals surface area contributed by atoms with Crippen molar-refractivity contribution in [2.75, 3.05) is 6.54 Å². The van der Waals surface area contributed by atoms with E-state index in [1.807, 2.05) is 0 Å². The van der Waals surface area contributed by atoms with Crippen molar-refractivity contribution in [3.63, 3.8) is 0 Å². The minimum absolute atomic E-state index is 0.0146. The topological polar surface area (TPSA) is 128 Å². The van der Waals surface area contributed by atoms with Gasteiger partial charge >= 0.3 is 5.97 Å². The Hall–Kier alpha value is -4.59. The minimum Gasteiger partial charge on any atom is -0.508 e. The average Bonchev–Trinajstić information content (AvgIpc) is 3.31. The van der Waals surface area contributed by atoms with E-state index in [1.54, 1.807) is 36.8 Å². The molecule has 2 aromatic carbocycles. The van der Waals surface area contributed by atoms with Gasteiger partial charge in [0, 0.05) is 41.6 Å². The van der Waals surface area contributed by atoms with Crippen molar-refractivity contribution in [2.45, 2.75) is 6.42 Å². The molecule has 0 spiro atoms. The third-order valence-electron chi connectivity index (χ3n) is 5.42. The Morgan fingerprint density at radius 3 is 2.33 bits per heavy atom. The molecule has 1 aromatic heterocycles. The van der Waals surface area contributed by atoms with E-state index >= 15 is 0 Å². The predicted molar refractivity (Wildman–Crippen MR) is 122 cm³/mol. The summed E-state index contributed by atoms with van der Waals surface area (Å²) in [6.45, 7) is 0.471. The molecule has 1 aliphatic carbocycles. The van der Waals surface area contributed by atoms with Gasteiger partial charge in [0.25, 0.3) is 0 Å². The number of carboxylic acids is 1. The lowest BCUT2D eigenvalue weighted by atomic mass is 9.84. The maximum atomic E-state index is 12.2. The second-order valence-corrected chi connectivity index (χ2v) is 7.58. The van der Waals surface area contributed by atoms with Gasteiger partial charge in [-0.15, -0.1) is 0 Å². The maximum absolute atomic E-state index is 12.2. The zero-order valence-corrected chi connectivity index (χ0v) is 17.3. The summed E-state index contributed by atoms with van der Waals surface area (Å²) >= 11 is 0. The summed E-state index contributed by atoms with van der Waals surface area (Å²) in [5, 5.41) is 30.2. The lowest BCUT2D eigenvalue weighted by Gasteiger charge is -2.26. The number of hydrogen-bond donors (Lipinski definition) is 4. The molecule has 0 unspecified atom stereocenters. The van der Waals surface area contributed by atoms with Gasteiger partial charge in [-0.3, -0.25) is 4.99 Å². The molecular formula is C25H19N3O5. The van der Waals surface area contributed by atoms with Crippen molar-refractivity contribution in [3.05, 3.63) is 95.1 Å². The molecule has 1 aliphatic heterocycles. The molecule has 3 aromatic rings. The number of rotatable bonds is 4. The summed E-state index contributed by atoms with van der Waals surface area (Å²) in [7, 11) is 0. The Bertz CT molecular complexity index is 1330. The number of phenols is 2. The molecule has 2 heterocycles. The van der Waals surface area contributed by atoms with Crippen LogP contribution < -0.4 is 4.74 Å². The van der Waals surface area contributed by atoms with Crippen LogP contribution in [0.2, 0.25) is 0 Å². The van der Waals surface area contributed by atoms with Crippen LogP contribution in [-0.2, 0) is 11.2 Å². The lowest BCUT2D eigenvalue weighted by Crippen LogP contribution is -2.13. The summed E-state index contributed by atoms with van der Waals surface area (Å²) in [5.74, 6) is -0.129. The van der Waals surface area contributed by atoms with E-state index in [-0.39, 0.29) is 17.1 Å². The van der Waals surface area contributed by atoms with Crippen LogP contribution in [0.15, 0.2) is 83.3 Å². The van der Waals surface area contributed by atoms with Crippen molar-refractivity contribution in [1.82, 2.24) is 9.97 Å². The van der Waals surface area contributed by atoms with E-state index < -0.39 is 5.97 Å². The second kappa shape index (κ2) is 8.16. The summed E-state index contributed by atoms with van der Waals surface area (Å²) < 4.78 is 5.93. The van der Waals surface area contributed by atoms with Crippen molar-refractivity contribution in [1.29, 1.82) is 0 Å². The fourth-order valence-corrected chi connectivity index (χ4v) is 3.91. The number of imidazole rings is 1. The summed E-state index contributed by atoms with van der Waals surface area (Å²) in [4.78, 5) is 23.7. The van der Waals surface area contributed by atoms with E-state index in [9.17, 15) is 20.1 Å². The third kappa shape index (κ3) is 3.89. The SMILES string of the molecule is O=C(O)C1=CC(=NCCc2cnc[nH]2)C=CC1=C1c2cc(O)ccc2Oc2ccc(O)cc21. The second-order valence-electron chi connectivity index (χ2n) is 7.58. The van der Waals surface area contributed by atoms with Crippen LogP contribution in [0.1, 0.15) is 16.8 Å². The monoisotopic (exact) mass is 441 g/mol. The van der Waals surface area contributed by atoms with E-state index in [4.69, 9.17) is 4.74 Å². The van der Waals surface area contributed by atoms with Crippen LogP contribution in [0.4, 0.5) is 0 Å². The van der Waals surface area contributed by atoms with Crippen LogP contribution in [-0.4, -0.2) is 43.5 Å². The molecule has 0 radical (unpaired) electrons. The van der Waals surface area contributed by atoms with Crippen molar-refractivity contribution in [3.8, 4) is 23.0 Å². The first kappa shape index (κ1) is 20.3. The van der Waals surface area contributed by atoms with Gasteiger partial charge in [-0.1, -0.05) is 6.08 Å². The zero-order valence-electron chi connectivity index (χ0n) is 17.3. The minimum atomic E-state index is -1.11. The van der Waals surface area contributed by atoms with Crippen molar-refractivity contribution >= 4 is 17.3 Å². The molecule has 0 amide bonds. The fraction of sp³-hybridized carbons (Fsp3) is 0.0800. The highest BCUT2D eigenvalue weighted by Gasteiger charge is 2.29. The molecule has 0 fully saturated rings. The highest BCUT2D eigenvalue weighted by atomic mass is 16.5. The average molecular weight is 441 g/mol. The Morgan fingerprint density at radius 2 is 1.73 bits per heavy atom. The maximum Gasteiger partial charge on any atom is 0.336 e. The van der Waals surface area contributed by atoms with E-state index in [2.05, 4.69) is 15.0 Å². The highest BCUT2D eigenvalue weighted by molar-refractivity contribution is 6.15. The van der Waals surface area contributed by atoms with Gasteiger partial charge in [0.2, 0.25) is 0 Å². The summed E-state index contributed by atoms with van der Waals surface area (Å²) in [6.07, 6.45) is 8.95. The number of aliphatic imine (C=N–C) groups is 1. The van der Waals surface area contributed by atoms with Gasteiger partial charge in [-0.25, -0.2) is 9.78 Å². The Labute approximate surface area is 188 Å². The van der Waals surface area contributed by atoms with Crippen molar-refractivity contribution in [2.24, 2.45) is 4.99 Å². The fourth-order valence-electron chi connectivity index (χ4n) is 3.91. The van der Waals surface area contributed by atoms with Crippen LogP contribution in [0.5, 0.6) is 23.0 Å². The molecule has 4 N–H and O–H groups in total. The number of ether oxygens (including phenoxy) is 1. The summed E-state index contributed by atoms with van der Waals surface area (Å²) in [5.41, 5.74) is 3.56. The van der Waals surface area contributed by atoms with E-state index in [0.717, 1.165) is 5.69 Å². The number of aromatic nitrogens is 2. The first-order chi connectivity index (χ1) is 16.0. The standard InChI is InChI=1S/C25H19N3O5/c29-16-2-5-22-20(10-16)24(21-11-17(30)3-6-23(21)33-22)18-4-1-14(9-19(18)25(31)32)27-8-7-15-12-26-13-28-15/h1-6,9-13,29-30H,7-8H2,(H,26,28)(H,31,32). The first-order valence-electron chi connectivity index (χ1n) is 10.2. The number of hydrogen-bond acceptors (Lipinski definition) is 6. The lowest BCUT2D eigenvalue weighted by molar-refractivity contribution is -0.132. The molecule has 5 rings (SSSR count). The first-order valence-corrected chi connectivity index (χ1v) is 10.2. The summed E-state index contributed by atoms with van der Waals surface area (Å²) in [6, 6.07) is 9.29. The number of aromatic hydroxyl groups is 2. The van der Waals surface area contributed by atoms with Crippen LogP contribution in [0.25, 0.3) is 5.57 Å². The van der Waals surface area contributed by atoms with Gasteiger partial charge in [-0.2, -0.15) is 0 Å². The zero-order chi connectivity index (χ0) is 22.9. The number of allylic oxidation sites excluding steroid dienone is 3. The van der Waals surface area contributed by atoms with Gasteiger partial charge in [0.1, 0.15) is 23.0 Å². The third-order valence-corrected chi connectivity index (χ3v) is 5.42. The smallest absolute Gasteiger partial charge is 0.336 e. The number of carboxylic acid groups (broad SMARTS) is 1. The molecule has 164 valence electrons. The Morgan fingerprint density at radius 1 is 1.03 bits per heavy atom. The van der Waals surface area contributed by atoms with Crippen LogP contribution >= 0.6 is 0 Å². The molecular weight excluding hydrogens is 422 g/mol. The molecule has 33 heavy (non-hydrogen) atoms. The molecule has 8 heteroatoms. The molecule has 0 bridgehead atoms. The Kier molecular flexibility index (Phi) is 5.02. The number of aromatic amines is 1. The number of fused-ring (bicyclic) bond motifs is 2. The van der Waals surface area contributed by atoms with E-state index in [0.29, 0.717) is 52.4 Å². The van der Waals surface area contributed by atoms with Gasteiger partial charge in [0.15, 0.2) is 0 Å². The van der Waals surface area contributed by atoms with Crippen LogP contribution in [0.3, 0.4) is 0 Å². The largest absolute Gasteiger partial charge is 0.508 e. The van der Waals surface area contributed by atoms with Gasteiger partial charge in [0.05, 0.1) is 17.6 Å².